The summed E-state index contributed by atoms with van der Waals surface area (Å²) in [6, 6.07) is 4.56. The summed E-state index contributed by atoms with van der Waals surface area (Å²) in [5, 5.41) is 8.73. The van der Waals surface area contributed by atoms with Crippen LogP contribution in [0.25, 0.3) is 0 Å². The monoisotopic (exact) mass is 274 g/mol. The summed E-state index contributed by atoms with van der Waals surface area (Å²) in [5.41, 5.74) is 0.214. The zero-order chi connectivity index (χ0) is 11.3. The molecule has 0 atom stereocenters. The van der Waals surface area contributed by atoms with Crippen molar-refractivity contribution < 1.29 is 19.4 Å². The molecule has 0 bridgehead atoms. The second kappa shape index (κ2) is 5.72. The molecule has 0 aromatic heterocycles. The first-order valence-corrected chi connectivity index (χ1v) is 5.18. The van der Waals surface area contributed by atoms with Crippen LogP contribution in [0.5, 0.6) is 5.75 Å². The molecular formula is C10H11BrO4. The van der Waals surface area contributed by atoms with Gasteiger partial charge in [0.2, 0.25) is 0 Å². The van der Waals surface area contributed by atoms with E-state index in [2.05, 4.69) is 15.9 Å². The number of hydrogen-bond donors (Lipinski definition) is 1. The van der Waals surface area contributed by atoms with E-state index < -0.39 is 5.97 Å². The second-order valence-electron chi connectivity index (χ2n) is 2.71. The van der Waals surface area contributed by atoms with Crippen LogP contribution < -0.4 is 4.74 Å². The van der Waals surface area contributed by atoms with E-state index in [1.165, 1.54) is 12.1 Å². The van der Waals surface area contributed by atoms with Gasteiger partial charge in [0, 0.05) is 6.61 Å². The first kappa shape index (κ1) is 12.0. The Bertz CT molecular complexity index is 351. The minimum atomic E-state index is -0.966. The second-order valence-corrected chi connectivity index (χ2v) is 3.56. The van der Waals surface area contributed by atoms with Crippen molar-refractivity contribution in [3.63, 3.8) is 0 Å². The Kier molecular flexibility index (Phi) is 4.58. The molecule has 1 aromatic rings. The molecule has 0 spiro atoms. The average Bonchev–Trinajstić information content (AvgIpc) is 2.20. The minimum absolute atomic E-state index is 0.154. The van der Waals surface area contributed by atoms with Crippen LogP contribution in [0.4, 0.5) is 0 Å². The maximum absolute atomic E-state index is 10.6. The van der Waals surface area contributed by atoms with Gasteiger partial charge in [0.25, 0.3) is 0 Å². The van der Waals surface area contributed by atoms with Crippen molar-refractivity contribution in [2.75, 3.05) is 13.4 Å². The van der Waals surface area contributed by atoms with Crippen LogP contribution in [-0.2, 0) is 4.74 Å². The third kappa shape index (κ3) is 3.53. The van der Waals surface area contributed by atoms with E-state index in [-0.39, 0.29) is 12.4 Å². The largest absolute Gasteiger partial charge is 0.478 e. The Morgan fingerprint density at radius 2 is 2.27 bits per heavy atom. The van der Waals surface area contributed by atoms with Crippen molar-refractivity contribution in [1.82, 2.24) is 0 Å². The molecule has 0 unspecified atom stereocenters. The summed E-state index contributed by atoms with van der Waals surface area (Å²) in [7, 11) is 0. The van der Waals surface area contributed by atoms with Crippen LogP contribution in [0.1, 0.15) is 17.3 Å². The van der Waals surface area contributed by atoms with Gasteiger partial charge in [-0.2, -0.15) is 0 Å². The molecule has 82 valence electrons. The van der Waals surface area contributed by atoms with Gasteiger partial charge in [-0.05, 0) is 41.1 Å². The Morgan fingerprint density at radius 1 is 1.53 bits per heavy atom. The number of benzene rings is 1. The Balaban J connectivity index is 2.70. The van der Waals surface area contributed by atoms with Gasteiger partial charge >= 0.3 is 5.97 Å². The number of ether oxygens (including phenoxy) is 2. The van der Waals surface area contributed by atoms with Crippen molar-refractivity contribution in [2.24, 2.45) is 0 Å². The molecule has 0 fully saturated rings. The molecular weight excluding hydrogens is 264 g/mol. The number of halogens is 1. The van der Waals surface area contributed by atoms with E-state index in [4.69, 9.17) is 14.6 Å². The zero-order valence-corrected chi connectivity index (χ0v) is 9.78. The highest BCUT2D eigenvalue weighted by Crippen LogP contribution is 2.25. The van der Waals surface area contributed by atoms with Gasteiger partial charge in [-0.15, -0.1) is 0 Å². The number of hydrogen-bond acceptors (Lipinski definition) is 3. The summed E-state index contributed by atoms with van der Waals surface area (Å²) >= 11 is 3.22. The summed E-state index contributed by atoms with van der Waals surface area (Å²) in [5.74, 6) is -0.402. The number of carboxylic acids is 1. The third-order valence-corrected chi connectivity index (χ3v) is 2.30. The Hall–Kier alpha value is -1.07. The summed E-state index contributed by atoms with van der Waals surface area (Å²) in [6.45, 7) is 2.60. The molecule has 0 aliphatic heterocycles. The number of aromatic carboxylic acids is 1. The molecule has 15 heavy (non-hydrogen) atoms. The molecule has 0 saturated carbocycles. The number of carbonyl (C=O) groups is 1. The van der Waals surface area contributed by atoms with Gasteiger partial charge in [-0.1, -0.05) is 0 Å². The lowest BCUT2D eigenvalue weighted by Crippen LogP contribution is -2.03. The SMILES string of the molecule is CCOCOc1ccc(C(=O)O)cc1Br. The van der Waals surface area contributed by atoms with E-state index in [1.54, 1.807) is 6.07 Å². The highest BCUT2D eigenvalue weighted by Gasteiger charge is 2.07. The van der Waals surface area contributed by atoms with Crippen LogP contribution >= 0.6 is 15.9 Å². The fourth-order valence-electron chi connectivity index (χ4n) is 0.939. The highest BCUT2D eigenvalue weighted by atomic mass is 79.9. The van der Waals surface area contributed by atoms with Crippen molar-refractivity contribution in [3.05, 3.63) is 28.2 Å². The molecule has 0 aliphatic rings. The lowest BCUT2D eigenvalue weighted by atomic mass is 10.2. The number of carboxylic acid groups (broad SMARTS) is 1. The Morgan fingerprint density at radius 3 is 2.80 bits per heavy atom. The first-order chi connectivity index (χ1) is 7.15. The van der Waals surface area contributed by atoms with E-state index in [9.17, 15) is 4.79 Å². The topological polar surface area (TPSA) is 55.8 Å². The van der Waals surface area contributed by atoms with Crippen LogP contribution in [0, 0.1) is 0 Å². The predicted molar refractivity (Wildman–Crippen MR) is 58.2 cm³/mol. The minimum Gasteiger partial charge on any atom is -0.478 e. The van der Waals surface area contributed by atoms with E-state index in [0.29, 0.717) is 16.8 Å². The van der Waals surface area contributed by atoms with Gasteiger partial charge < -0.3 is 14.6 Å². The summed E-state index contributed by atoms with van der Waals surface area (Å²) in [6.07, 6.45) is 0. The summed E-state index contributed by atoms with van der Waals surface area (Å²) < 4.78 is 10.9. The smallest absolute Gasteiger partial charge is 0.335 e. The fourth-order valence-corrected chi connectivity index (χ4v) is 1.43. The Labute approximate surface area is 95.9 Å². The molecule has 4 nitrogen and oxygen atoms in total. The lowest BCUT2D eigenvalue weighted by molar-refractivity contribution is 0.0219. The van der Waals surface area contributed by atoms with E-state index in [0.717, 1.165) is 0 Å². The van der Waals surface area contributed by atoms with Crippen molar-refractivity contribution in [2.45, 2.75) is 6.92 Å². The van der Waals surface area contributed by atoms with Crippen molar-refractivity contribution >= 4 is 21.9 Å². The molecule has 1 aromatic carbocycles. The molecule has 0 amide bonds. The maximum Gasteiger partial charge on any atom is 0.335 e. The zero-order valence-electron chi connectivity index (χ0n) is 8.20. The predicted octanol–water partition coefficient (Wildman–Crippen LogP) is 2.52. The maximum atomic E-state index is 10.6. The van der Waals surface area contributed by atoms with Crippen LogP contribution in [-0.4, -0.2) is 24.5 Å². The third-order valence-electron chi connectivity index (χ3n) is 1.68. The molecule has 0 saturated heterocycles. The first-order valence-electron chi connectivity index (χ1n) is 4.38. The van der Waals surface area contributed by atoms with E-state index >= 15 is 0 Å². The lowest BCUT2D eigenvalue weighted by Gasteiger charge is -2.08. The standard InChI is InChI=1S/C10H11BrO4/c1-2-14-6-15-9-4-3-7(10(12)13)5-8(9)11/h3-5H,2,6H2,1H3,(H,12,13). The molecule has 0 radical (unpaired) electrons. The average molecular weight is 275 g/mol. The van der Waals surface area contributed by atoms with Gasteiger partial charge in [0.15, 0.2) is 6.79 Å². The van der Waals surface area contributed by atoms with Gasteiger partial charge in [0.05, 0.1) is 10.0 Å². The molecule has 0 aliphatic carbocycles. The molecule has 1 N–H and O–H groups in total. The molecule has 1 rings (SSSR count). The highest BCUT2D eigenvalue weighted by molar-refractivity contribution is 9.10. The van der Waals surface area contributed by atoms with Crippen molar-refractivity contribution in [3.8, 4) is 5.75 Å². The van der Waals surface area contributed by atoms with E-state index in [1.807, 2.05) is 6.92 Å². The molecule has 0 heterocycles. The molecule has 5 heteroatoms. The number of rotatable bonds is 5. The van der Waals surface area contributed by atoms with Crippen LogP contribution in [0.15, 0.2) is 22.7 Å². The van der Waals surface area contributed by atoms with Gasteiger partial charge in [0.1, 0.15) is 5.75 Å². The van der Waals surface area contributed by atoms with Crippen molar-refractivity contribution in [1.29, 1.82) is 0 Å². The van der Waals surface area contributed by atoms with Crippen LogP contribution in [0.2, 0.25) is 0 Å². The fraction of sp³-hybridized carbons (Fsp3) is 0.300. The summed E-state index contributed by atoms with van der Waals surface area (Å²) in [4.78, 5) is 10.6. The quantitative estimate of drug-likeness (QED) is 0.662. The van der Waals surface area contributed by atoms with Gasteiger partial charge in [-0.3, -0.25) is 0 Å². The van der Waals surface area contributed by atoms with Crippen LogP contribution in [0.3, 0.4) is 0 Å². The van der Waals surface area contributed by atoms with Gasteiger partial charge in [-0.25, -0.2) is 4.79 Å². The normalized spacial score (nSPS) is 10.0.